The first-order valence-electron chi connectivity index (χ1n) is 7.83. The molecule has 1 N–H and O–H groups in total. The van der Waals surface area contributed by atoms with Gasteiger partial charge in [0.15, 0.2) is 0 Å². The number of thiophene rings is 1. The van der Waals surface area contributed by atoms with Crippen LogP contribution < -0.4 is 5.32 Å². The Morgan fingerprint density at radius 2 is 1.96 bits per heavy atom. The zero-order chi connectivity index (χ0) is 17.3. The molecule has 0 aliphatic heterocycles. The zero-order valence-corrected chi connectivity index (χ0v) is 14.5. The number of carbonyl (C=O) groups is 2. The number of benzene rings is 1. The van der Waals surface area contributed by atoms with Gasteiger partial charge in [0.2, 0.25) is 5.91 Å². The maximum Gasteiger partial charge on any atom is 0.263 e. The lowest BCUT2D eigenvalue weighted by molar-refractivity contribution is -0.120. The minimum Gasteiger partial charge on any atom is -0.344 e. The zero-order valence-electron chi connectivity index (χ0n) is 13.6. The summed E-state index contributed by atoms with van der Waals surface area (Å²) in [7, 11) is 3.47. The fourth-order valence-electron chi connectivity index (χ4n) is 2.85. The van der Waals surface area contributed by atoms with Gasteiger partial charge in [-0.05, 0) is 55.2 Å². The van der Waals surface area contributed by atoms with Crippen LogP contribution in [-0.4, -0.2) is 30.8 Å². The molecule has 1 aromatic heterocycles. The topological polar surface area (TPSA) is 49.4 Å². The Morgan fingerprint density at radius 3 is 2.62 bits per heavy atom. The Labute approximate surface area is 144 Å². The van der Waals surface area contributed by atoms with E-state index < -0.39 is 0 Å². The van der Waals surface area contributed by atoms with Crippen molar-refractivity contribution in [2.24, 2.45) is 5.92 Å². The van der Waals surface area contributed by atoms with E-state index in [2.05, 4.69) is 5.32 Å². The standard InChI is InChI=1S/C18H19FN2O2S/c1-21(2)18(23)16-10-12-9-11(3-8-15(12)24-16)17(22)20-14-6-4-13(19)5-7-14/h4-7,10-11H,3,8-9H2,1-2H3,(H,20,22). The predicted molar refractivity (Wildman–Crippen MR) is 92.9 cm³/mol. The monoisotopic (exact) mass is 346 g/mol. The molecule has 126 valence electrons. The van der Waals surface area contributed by atoms with Gasteiger partial charge < -0.3 is 10.2 Å². The molecule has 1 aliphatic rings. The maximum atomic E-state index is 12.9. The highest BCUT2D eigenvalue weighted by molar-refractivity contribution is 7.14. The maximum absolute atomic E-state index is 12.9. The van der Waals surface area contributed by atoms with Crippen molar-refractivity contribution in [2.75, 3.05) is 19.4 Å². The van der Waals surface area contributed by atoms with Crippen LogP contribution in [0.2, 0.25) is 0 Å². The van der Waals surface area contributed by atoms with Crippen molar-refractivity contribution in [1.82, 2.24) is 4.90 Å². The van der Waals surface area contributed by atoms with E-state index in [-0.39, 0.29) is 23.5 Å². The lowest BCUT2D eigenvalue weighted by Gasteiger charge is -2.21. The molecule has 0 fully saturated rings. The second-order valence-corrected chi connectivity index (χ2v) is 7.33. The van der Waals surface area contributed by atoms with Crippen LogP contribution in [0, 0.1) is 11.7 Å². The average Bonchev–Trinajstić information content (AvgIpc) is 2.99. The van der Waals surface area contributed by atoms with E-state index in [0.29, 0.717) is 12.1 Å². The molecule has 1 heterocycles. The molecule has 0 saturated heterocycles. The summed E-state index contributed by atoms with van der Waals surface area (Å²) in [6.07, 6.45) is 2.21. The second kappa shape index (κ2) is 6.73. The minimum absolute atomic E-state index is 0.00159. The summed E-state index contributed by atoms with van der Waals surface area (Å²) in [5, 5.41) is 2.84. The summed E-state index contributed by atoms with van der Waals surface area (Å²) in [4.78, 5) is 28.0. The average molecular weight is 346 g/mol. The molecule has 1 atom stereocenters. The summed E-state index contributed by atoms with van der Waals surface area (Å²) in [6, 6.07) is 7.68. The number of amides is 2. The molecule has 1 unspecified atom stereocenters. The number of nitrogens with zero attached hydrogens (tertiary/aromatic N) is 1. The van der Waals surface area contributed by atoms with E-state index >= 15 is 0 Å². The molecule has 0 radical (unpaired) electrons. The third kappa shape index (κ3) is 3.48. The summed E-state index contributed by atoms with van der Waals surface area (Å²) >= 11 is 1.53. The van der Waals surface area contributed by atoms with Crippen LogP contribution in [0.25, 0.3) is 0 Å². The van der Waals surface area contributed by atoms with Gasteiger partial charge in [0.25, 0.3) is 5.91 Å². The van der Waals surface area contributed by atoms with Gasteiger partial charge in [-0.1, -0.05) is 0 Å². The molecule has 2 amide bonds. The summed E-state index contributed by atoms with van der Waals surface area (Å²) in [5.41, 5.74) is 1.69. The lowest BCUT2D eigenvalue weighted by atomic mass is 9.87. The number of aryl methyl sites for hydroxylation is 1. The van der Waals surface area contributed by atoms with Crippen molar-refractivity contribution < 1.29 is 14.0 Å². The molecule has 0 spiro atoms. The van der Waals surface area contributed by atoms with Gasteiger partial charge >= 0.3 is 0 Å². The quantitative estimate of drug-likeness (QED) is 0.927. The van der Waals surface area contributed by atoms with Crippen molar-refractivity contribution in [3.63, 3.8) is 0 Å². The van der Waals surface area contributed by atoms with Crippen molar-refractivity contribution >= 4 is 28.8 Å². The number of fused-ring (bicyclic) bond motifs is 1. The highest BCUT2D eigenvalue weighted by atomic mass is 32.1. The molecule has 3 rings (SSSR count). The van der Waals surface area contributed by atoms with Gasteiger partial charge in [0.05, 0.1) is 4.88 Å². The lowest BCUT2D eigenvalue weighted by Crippen LogP contribution is -2.27. The second-order valence-electron chi connectivity index (χ2n) is 6.19. The highest BCUT2D eigenvalue weighted by Crippen LogP contribution is 2.33. The molecular weight excluding hydrogens is 327 g/mol. The van der Waals surface area contributed by atoms with Gasteiger partial charge in [-0.25, -0.2) is 4.39 Å². The SMILES string of the molecule is CN(C)C(=O)c1cc2c(s1)CCC(C(=O)Nc1ccc(F)cc1)C2. The minimum atomic E-state index is -0.327. The molecule has 24 heavy (non-hydrogen) atoms. The van der Waals surface area contributed by atoms with E-state index in [1.807, 2.05) is 6.07 Å². The van der Waals surface area contributed by atoms with Crippen molar-refractivity contribution in [2.45, 2.75) is 19.3 Å². The highest BCUT2D eigenvalue weighted by Gasteiger charge is 2.27. The Balaban J connectivity index is 1.69. The summed E-state index contributed by atoms with van der Waals surface area (Å²) in [5.74, 6) is -0.508. The fourth-order valence-corrected chi connectivity index (χ4v) is 4.08. The van der Waals surface area contributed by atoms with E-state index in [1.165, 1.54) is 28.3 Å². The molecule has 2 aromatic rings. The van der Waals surface area contributed by atoms with E-state index in [1.54, 1.807) is 31.1 Å². The molecule has 1 aromatic carbocycles. The van der Waals surface area contributed by atoms with Gasteiger partial charge in [-0.3, -0.25) is 9.59 Å². The van der Waals surface area contributed by atoms with Gasteiger partial charge in [-0.2, -0.15) is 0 Å². The first-order chi connectivity index (χ1) is 11.4. The molecule has 6 heteroatoms. The third-order valence-electron chi connectivity index (χ3n) is 4.18. The Hall–Kier alpha value is -2.21. The van der Waals surface area contributed by atoms with E-state index in [9.17, 15) is 14.0 Å². The number of rotatable bonds is 3. The molecular formula is C18H19FN2O2S. The molecule has 0 saturated carbocycles. The normalized spacial score (nSPS) is 16.4. The third-order valence-corrected chi connectivity index (χ3v) is 5.41. The summed E-state index contributed by atoms with van der Waals surface area (Å²) < 4.78 is 12.9. The van der Waals surface area contributed by atoms with Crippen LogP contribution in [0.15, 0.2) is 30.3 Å². The van der Waals surface area contributed by atoms with Crippen molar-refractivity contribution in [3.05, 3.63) is 51.5 Å². The van der Waals surface area contributed by atoms with Crippen molar-refractivity contribution in [1.29, 1.82) is 0 Å². The molecule has 4 nitrogen and oxygen atoms in total. The van der Waals surface area contributed by atoms with Crippen LogP contribution in [0.3, 0.4) is 0 Å². The largest absolute Gasteiger partial charge is 0.344 e. The first kappa shape index (κ1) is 16.6. The molecule has 0 bridgehead atoms. The smallest absolute Gasteiger partial charge is 0.263 e. The van der Waals surface area contributed by atoms with E-state index in [0.717, 1.165) is 23.3 Å². The van der Waals surface area contributed by atoms with Gasteiger partial charge in [-0.15, -0.1) is 11.3 Å². The number of nitrogens with one attached hydrogen (secondary N) is 1. The Kier molecular flexibility index (Phi) is 4.66. The number of carbonyl (C=O) groups excluding carboxylic acids is 2. The van der Waals surface area contributed by atoms with Crippen LogP contribution >= 0.6 is 11.3 Å². The van der Waals surface area contributed by atoms with Gasteiger partial charge in [0, 0.05) is 30.6 Å². The van der Waals surface area contributed by atoms with E-state index in [4.69, 9.17) is 0 Å². The first-order valence-corrected chi connectivity index (χ1v) is 8.65. The van der Waals surface area contributed by atoms with Crippen LogP contribution in [0.1, 0.15) is 26.5 Å². The van der Waals surface area contributed by atoms with Crippen molar-refractivity contribution in [3.8, 4) is 0 Å². The van der Waals surface area contributed by atoms with Crippen LogP contribution in [0.4, 0.5) is 10.1 Å². The Bertz CT molecular complexity index is 768. The number of anilines is 1. The summed E-state index contributed by atoms with van der Waals surface area (Å²) in [6.45, 7) is 0. The molecule has 1 aliphatic carbocycles. The predicted octanol–water partition coefficient (Wildman–Crippen LogP) is 3.33. The Morgan fingerprint density at radius 1 is 1.25 bits per heavy atom. The van der Waals surface area contributed by atoms with Gasteiger partial charge in [0.1, 0.15) is 5.82 Å². The van der Waals surface area contributed by atoms with Crippen LogP contribution in [0.5, 0.6) is 0 Å². The fraction of sp³-hybridized carbons (Fsp3) is 0.333. The number of halogens is 1. The number of hydrogen-bond acceptors (Lipinski definition) is 3. The van der Waals surface area contributed by atoms with Crippen LogP contribution in [-0.2, 0) is 17.6 Å². The number of hydrogen-bond donors (Lipinski definition) is 1.